The van der Waals surface area contributed by atoms with Crippen LogP contribution in [0.4, 0.5) is 11.8 Å². The molecule has 0 aliphatic rings. The molecule has 0 amide bonds. The molecule has 0 unspecified atom stereocenters. The van der Waals surface area contributed by atoms with Crippen LogP contribution in [-0.4, -0.2) is 36.3 Å². The number of fused-ring (bicyclic) bond motifs is 1. The Balaban J connectivity index is 1.76. The summed E-state index contributed by atoms with van der Waals surface area (Å²) < 4.78 is 1.99. The second kappa shape index (κ2) is 5.13. The lowest BCUT2D eigenvalue weighted by Gasteiger charge is -2.08. The lowest BCUT2D eigenvalue weighted by atomic mass is 10.3. The summed E-state index contributed by atoms with van der Waals surface area (Å²) in [4.78, 5) is 12.7. The Bertz CT molecular complexity index is 714. The number of aromatic amines is 1. The van der Waals surface area contributed by atoms with Gasteiger partial charge in [-0.05, 0) is 0 Å². The van der Waals surface area contributed by atoms with Crippen molar-refractivity contribution in [3.05, 3.63) is 24.4 Å². The smallest absolute Gasteiger partial charge is 0.241 e. The summed E-state index contributed by atoms with van der Waals surface area (Å²) in [6.07, 6.45) is 6.17. The van der Waals surface area contributed by atoms with Crippen LogP contribution in [0.5, 0.6) is 0 Å². The van der Waals surface area contributed by atoms with E-state index < -0.39 is 0 Å². The lowest BCUT2D eigenvalue weighted by Crippen LogP contribution is -2.14. The minimum absolute atomic E-state index is 0.334. The molecule has 0 spiro atoms. The van der Waals surface area contributed by atoms with E-state index >= 15 is 0 Å². The van der Waals surface area contributed by atoms with E-state index in [1.165, 1.54) is 0 Å². The number of hydrogen-bond donors (Lipinski definition) is 4. The largest absolute Gasteiger partial charge is 0.369 e. The first kappa shape index (κ1) is 12.4. The van der Waals surface area contributed by atoms with E-state index in [1.54, 1.807) is 12.4 Å². The molecular formula is C11H15N9. The fourth-order valence-corrected chi connectivity index (χ4v) is 1.96. The molecule has 0 radical (unpaired) electrons. The predicted octanol–water partition coefficient (Wildman–Crippen LogP) is 0.0266. The molecule has 104 valence electrons. The zero-order valence-corrected chi connectivity index (χ0v) is 11.0. The Hall–Kier alpha value is -2.68. The van der Waals surface area contributed by atoms with Gasteiger partial charge >= 0.3 is 0 Å². The monoisotopic (exact) mass is 273 g/mol. The van der Waals surface area contributed by atoms with Gasteiger partial charge in [0.25, 0.3) is 0 Å². The Labute approximate surface area is 114 Å². The standard InChI is InChI=1S/C11H15N9/c1-20-5-4-13-8(20)2-3-14-9-7-6-15-19-10(7)17-11(16-9)18-12/h4-6H,2-3,12H2,1H3,(H3,14,15,16,17,18,19). The van der Waals surface area contributed by atoms with Crippen LogP contribution in [0.1, 0.15) is 5.82 Å². The van der Waals surface area contributed by atoms with Crippen molar-refractivity contribution in [1.29, 1.82) is 0 Å². The average Bonchev–Trinajstić information content (AvgIpc) is 3.07. The molecule has 0 aromatic carbocycles. The third kappa shape index (κ3) is 2.26. The first-order valence-corrected chi connectivity index (χ1v) is 6.15. The molecule has 0 atom stereocenters. The highest BCUT2D eigenvalue weighted by atomic mass is 15.3. The van der Waals surface area contributed by atoms with Crippen LogP contribution in [0.3, 0.4) is 0 Å². The molecule has 0 saturated carbocycles. The highest BCUT2D eigenvalue weighted by molar-refractivity contribution is 5.86. The minimum atomic E-state index is 0.334. The summed E-state index contributed by atoms with van der Waals surface area (Å²) in [5.74, 6) is 7.38. The second-order valence-electron chi connectivity index (χ2n) is 4.30. The van der Waals surface area contributed by atoms with Crippen LogP contribution in [0, 0.1) is 0 Å². The fourth-order valence-electron chi connectivity index (χ4n) is 1.96. The van der Waals surface area contributed by atoms with E-state index in [4.69, 9.17) is 5.84 Å². The van der Waals surface area contributed by atoms with Gasteiger partial charge in [-0.15, -0.1) is 0 Å². The third-order valence-electron chi connectivity index (χ3n) is 3.00. The molecule has 9 heteroatoms. The van der Waals surface area contributed by atoms with Crippen LogP contribution in [0.25, 0.3) is 11.0 Å². The van der Waals surface area contributed by atoms with Crippen LogP contribution < -0.4 is 16.6 Å². The van der Waals surface area contributed by atoms with Gasteiger partial charge in [0.1, 0.15) is 11.6 Å². The highest BCUT2D eigenvalue weighted by Gasteiger charge is 2.09. The molecule has 0 aliphatic carbocycles. The van der Waals surface area contributed by atoms with E-state index in [1.807, 2.05) is 17.8 Å². The van der Waals surface area contributed by atoms with E-state index in [2.05, 4.69) is 35.9 Å². The number of hydrogen-bond acceptors (Lipinski definition) is 7. The molecule has 0 fully saturated rings. The van der Waals surface area contributed by atoms with Gasteiger partial charge in [0.15, 0.2) is 5.65 Å². The molecule has 3 aromatic rings. The van der Waals surface area contributed by atoms with Crippen LogP contribution in [0.2, 0.25) is 0 Å². The molecular weight excluding hydrogens is 258 g/mol. The second-order valence-corrected chi connectivity index (χ2v) is 4.30. The van der Waals surface area contributed by atoms with Crippen LogP contribution in [-0.2, 0) is 13.5 Å². The molecule has 20 heavy (non-hydrogen) atoms. The number of H-pyrrole nitrogens is 1. The molecule has 0 aliphatic heterocycles. The zero-order chi connectivity index (χ0) is 13.9. The van der Waals surface area contributed by atoms with E-state index in [0.717, 1.165) is 17.6 Å². The summed E-state index contributed by atoms with van der Waals surface area (Å²) in [5.41, 5.74) is 3.07. The van der Waals surface area contributed by atoms with Gasteiger partial charge < -0.3 is 9.88 Å². The highest BCUT2D eigenvalue weighted by Crippen LogP contribution is 2.19. The Kier molecular flexibility index (Phi) is 3.17. The van der Waals surface area contributed by atoms with Gasteiger partial charge in [-0.25, -0.2) is 10.8 Å². The summed E-state index contributed by atoms with van der Waals surface area (Å²) in [5, 5.41) is 10.8. The number of anilines is 2. The fraction of sp³-hybridized carbons (Fsp3) is 0.273. The van der Waals surface area contributed by atoms with Crippen molar-refractivity contribution in [1.82, 2.24) is 29.7 Å². The van der Waals surface area contributed by atoms with Crippen molar-refractivity contribution >= 4 is 22.8 Å². The van der Waals surface area contributed by atoms with E-state index in [9.17, 15) is 0 Å². The molecule has 9 nitrogen and oxygen atoms in total. The lowest BCUT2D eigenvalue weighted by molar-refractivity contribution is 0.789. The van der Waals surface area contributed by atoms with Crippen molar-refractivity contribution in [3.63, 3.8) is 0 Å². The van der Waals surface area contributed by atoms with Gasteiger partial charge in [0.2, 0.25) is 5.95 Å². The predicted molar refractivity (Wildman–Crippen MR) is 74.9 cm³/mol. The molecule has 0 saturated heterocycles. The topological polar surface area (TPSA) is 122 Å². The number of aryl methyl sites for hydroxylation is 1. The van der Waals surface area contributed by atoms with Gasteiger partial charge in [0.05, 0.1) is 11.6 Å². The molecule has 3 heterocycles. The number of aromatic nitrogens is 6. The summed E-state index contributed by atoms with van der Waals surface area (Å²) in [6, 6.07) is 0. The number of nitrogens with zero attached hydrogens (tertiary/aromatic N) is 5. The first-order chi connectivity index (χ1) is 9.78. The number of imidazole rings is 1. The summed E-state index contributed by atoms with van der Waals surface area (Å²) in [6.45, 7) is 0.701. The van der Waals surface area contributed by atoms with Gasteiger partial charge in [-0.3, -0.25) is 10.5 Å². The van der Waals surface area contributed by atoms with Gasteiger partial charge in [-0.2, -0.15) is 15.1 Å². The van der Waals surface area contributed by atoms with Gasteiger partial charge in [0, 0.05) is 32.4 Å². The van der Waals surface area contributed by atoms with Crippen LogP contribution >= 0.6 is 0 Å². The quantitative estimate of drug-likeness (QED) is 0.382. The summed E-state index contributed by atoms with van der Waals surface area (Å²) >= 11 is 0. The zero-order valence-electron chi connectivity index (χ0n) is 11.0. The average molecular weight is 273 g/mol. The Morgan fingerprint density at radius 3 is 3.05 bits per heavy atom. The van der Waals surface area contributed by atoms with Crippen molar-refractivity contribution in [2.75, 3.05) is 17.3 Å². The van der Waals surface area contributed by atoms with Crippen molar-refractivity contribution in [3.8, 4) is 0 Å². The third-order valence-corrected chi connectivity index (χ3v) is 3.00. The number of nitrogens with one attached hydrogen (secondary N) is 3. The maximum atomic E-state index is 5.35. The van der Waals surface area contributed by atoms with Crippen molar-refractivity contribution in [2.24, 2.45) is 12.9 Å². The van der Waals surface area contributed by atoms with Crippen LogP contribution in [0.15, 0.2) is 18.6 Å². The Morgan fingerprint density at radius 2 is 2.30 bits per heavy atom. The van der Waals surface area contributed by atoms with Crippen molar-refractivity contribution in [2.45, 2.75) is 6.42 Å². The van der Waals surface area contributed by atoms with E-state index in [-0.39, 0.29) is 0 Å². The number of nitrogen functional groups attached to an aromatic ring is 1. The maximum absolute atomic E-state index is 5.35. The molecule has 3 rings (SSSR count). The number of hydrazine groups is 1. The van der Waals surface area contributed by atoms with Crippen molar-refractivity contribution < 1.29 is 0 Å². The molecule has 3 aromatic heterocycles. The number of rotatable bonds is 5. The minimum Gasteiger partial charge on any atom is -0.369 e. The Morgan fingerprint density at radius 1 is 1.40 bits per heavy atom. The first-order valence-electron chi connectivity index (χ1n) is 6.15. The summed E-state index contributed by atoms with van der Waals surface area (Å²) in [7, 11) is 1.97. The number of nitrogens with two attached hydrogens (primary N) is 1. The van der Waals surface area contributed by atoms with Gasteiger partial charge in [-0.1, -0.05) is 0 Å². The van der Waals surface area contributed by atoms with E-state index in [0.29, 0.717) is 24.0 Å². The normalized spacial score (nSPS) is 10.9. The molecule has 0 bridgehead atoms. The molecule has 5 N–H and O–H groups in total. The maximum Gasteiger partial charge on any atom is 0.241 e. The SMILES string of the molecule is Cn1ccnc1CCNc1nc(NN)nc2[nH]ncc12.